The molecule has 3 aromatic carbocycles. The van der Waals surface area contributed by atoms with Crippen LogP contribution in [-0.4, -0.2) is 35.5 Å². The molecule has 0 spiro atoms. The van der Waals surface area contributed by atoms with Crippen LogP contribution in [0, 0.1) is 0 Å². The molecule has 1 unspecified atom stereocenters. The lowest BCUT2D eigenvalue weighted by Crippen LogP contribution is -2.33. The summed E-state index contributed by atoms with van der Waals surface area (Å²) in [7, 11) is 1.67. The minimum Gasteiger partial charge on any atom is -0.507 e. The van der Waals surface area contributed by atoms with Crippen molar-refractivity contribution in [2.24, 2.45) is 0 Å². The van der Waals surface area contributed by atoms with E-state index in [2.05, 4.69) is 0 Å². The Morgan fingerprint density at radius 3 is 2.26 bits per heavy atom. The number of rotatable bonds is 5. The number of ether oxygens (including phenoxy) is 1. The molecular formula is C22H21NO4. The molecule has 0 aliphatic rings. The molecule has 3 aromatic rings. The molecule has 0 aromatic heterocycles. The number of benzene rings is 3. The van der Waals surface area contributed by atoms with Gasteiger partial charge in [-0.3, -0.25) is 4.79 Å². The average Bonchev–Trinajstić information content (AvgIpc) is 2.70. The lowest BCUT2D eigenvalue weighted by molar-refractivity contribution is -0.135. The number of hydrogen-bond donors (Lipinski definition) is 1. The third-order valence-corrected chi connectivity index (χ3v) is 4.67. The van der Waals surface area contributed by atoms with Gasteiger partial charge in [0.25, 0.3) is 5.91 Å². The van der Waals surface area contributed by atoms with Gasteiger partial charge in [0.05, 0.1) is 6.04 Å². The Morgan fingerprint density at radius 1 is 1.00 bits per heavy atom. The second-order valence-electron chi connectivity index (χ2n) is 6.38. The van der Waals surface area contributed by atoms with Crippen LogP contribution in [0.5, 0.6) is 5.75 Å². The van der Waals surface area contributed by atoms with Crippen LogP contribution in [0.1, 0.15) is 28.9 Å². The molecule has 5 nitrogen and oxygen atoms in total. The van der Waals surface area contributed by atoms with Crippen molar-refractivity contribution in [2.75, 3.05) is 13.7 Å². The number of aromatic hydroxyl groups is 1. The lowest BCUT2D eigenvalue weighted by atomic mass is 10.1. The van der Waals surface area contributed by atoms with Crippen LogP contribution in [0.4, 0.5) is 0 Å². The monoisotopic (exact) mass is 363 g/mol. The number of esters is 1. The van der Waals surface area contributed by atoms with E-state index in [4.69, 9.17) is 4.74 Å². The second-order valence-corrected chi connectivity index (χ2v) is 6.38. The quantitative estimate of drug-likeness (QED) is 0.698. The molecule has 5 heteroatoms. The van der Waals surface area contributed by atoms with Crippen molar-refractivity contribution < 1.29 is 19.4 Å². The summed E-state index contributed by atoms with van der Waals surface area (Å²) in [6, 6.07) is 19.9. The fraction of sp³-hybridized carbons (Fsp3) is 0.182. The van der Waals surface area contributed by atoms with Gasteiger partial charge in [0, 0.05) is 7.05 Å². The number of likely N-dealkylation sites (N-methyl/N-ethyl adjacent to an activating group) is 1. The van der Waals surface area contributed by atoms with Crippen LogP contribution in [0.3, 0.4) is 0 Å². The van der Waals surface area contributed by atoms with E-state index >= 15 is 0 Å². The molecular weight excluding hydrogens is 342 g/mol. The predicted octanol–water partition coefficient (Wildman–Crippen LogP) is 3.92. The number of amides is 1. The molecule has 138 valence electrons. The number of phenolic OH excluding ortho intramolecular Hbond substituents is 1. The highest BCUT2D eigenvalue weighted by Gasteiger charge is 2.20. The summed E-state index contributed by atoms with van der Waals surface area (Å²) in [5, 5.41) is 11.7. The number of carbonyl (C=O) groups excluding carboxylic acids is 2. The normalized spacial score (nSPS) is 11.8. The maximum absolute atomic E-state index is 12.4. The van der Waals surface area contributed by atoms with Gasteiger partial charge in [-0.05, 0) is 35.4 Å². The third kappa shape index (κ3) is 4.08. The van der Waals surface area contributed by atoms with Gasteiger partial charge < -0.3 is 14.7 Å². The van der Waals surface area contributed by atoms with Gasteiger partial charge in [0.2, 0.25) is 0 Å². The van der Waals surface area contributed by atoms with Crippen LogP contribution in [-0.2, 0) is 9.53 Å². The van der Waals surface area contributed by atoms with Gasteiger partial charge >= 0.3 is 5.97 Å². The zero-order valence-corrected chi connectivity index (χ0v) is 15.3. The molecule has 0 bridgehead atoms. The van der Waals surface area contributed by atoms with E-state index in [0.717, 1.165) is 16.3 Å². The first-order valence-corrected chi connectivity index (χ1v) is 8.67. The van der Waals surface area contributed by atoms with Crippen molar-refractivity contribution >= 4 is 22.6 Å². The first-order chi connectivity index (χ1) is 13.0. The van der Waals surface area contributed by atoms with Gasteiger partial charge in [-0.15, -0.1) is 0 Å². The number of phenols is 1. The minimum atomic E-state index is -0.729. The Labute approximate surface area is 157 Å². The fourth-order valence-corrected chi connectivity index (χ4v) is 2.87. The molecule has 0 saturated heterocycles. The van der Waals surface area contributed by atoms with E-state index in [1.165, 1.54) is 11.0 Å². The Bertz CT molecular complexity index is 968. The standard InChI is InChI=1S/C22H21NO4/c1-15(16-8-4-3-5-9-16)23(2)21(25)14-27-22(26)19-12-17-10-6-7-11-18(17)13-20(19)24/h3-13,15,24H,14H2,1-2H3. The first kappa shape index (κ1) is 18.5. The van der Waals surface area contributed by atoms with E-state index in [9.17, 15) is 14.7 Å². The van der Waals surface area contributed by atoms with Crippen LogP contribution >= 0.6 is 0 Å². The Kier molecular flexibility index (Phi) is 5.41. The molecule has 0 aliphatic carbocycles. The summed E-state index contributed by atoms with van der Waals surface area (Å²) in [5.41, 5.74) is 1.03. The number of nitrogens with zero attached hydrogens (tertiary/aromatic N) is 1. The smallest absolute Gasteiger partial charge is 0.342 e. The van der Waals surface area contributed by atoms with E-state index < -0.39 is 12.6 Å². The lowest BCUT2D eigenvalue weighted by Gasteiger charge is -2.25. The predicted molar refractivity (Wildman–Crippen MR) is 104 cm³/mol. The highest BCUT2D eigenvalue weighted by atomic mass is 16.5. The molecule has 1 N–H and O–H groups in total. The van der Waals surface area contributed by atoms with Crippen LogP contribution in [0.25, 0.3) is 10.8 Å². The van der Waals surface area contributed by atoms with E-state index in [1.807, 2.05) is 61.5 Å². The SMILES string of the molecule is CC(c1ccccc1)N(C)C(=O)COC(=O)c1cc2ccccc2cc1O. The summed E-state index contributed by atoms with van der Waals surface area (Å²) < 4.78 is 5.14. The molecule has 27 heavy (non-hydrogen) atoms. The van der Waals surface area contributed by atoms with Gasteiger partial charge in [0.15, 0.2) is 6.61 Å². The Morgan fingerprint density at radius 2 is 1.59 bits per heavy atom. The Balaban J connectivity index is 1.66. The fourth-order valence-electron chi connectivity index (χ4n) is 2.87. The number of carbonyl (C=O) groups is 2. The van der Waals surface area contributed by atoms with Crippen molar-refractivity contribution in [1.82, 2.24) is 4.90 Å². The van der Waals surface area contributed by atoms with Gasteiger partial charge in [-0.2, -0.15) is 0 Å². The van der Waals surface area contributed by atoms with E-state index in [0.29, 0.717) is 0 Å². The maximum atomic E-state index is 12.4. The van der Waals surface area contributed by atoms with Crippen LogP contribution in [0.15, 0.2) is 66.7 Å². The van der Waals surface area contributed by atoms with Crippen molar-refractivity contribution in [3.8, 4) is 5.75 Å². The number of hydrogen-bond acceptors (Lipinski definition) is 4. The molecule has 3 rings (SSSR count). The van der Waals surface area contributed by atoms with Crippen molar-refractivity contribution in [3.05, 3.63) is 77.9 Å². The molecule has 0 radical (unpaired) electrons. The summed E-state index contributed by atoms with van der Waals surface area (Å²) in [5.74, 6) is -1.22. The largest absolute Gasteiger partial charge is 0.507 e. The summed E-state index contributed by atoms with van der Waals surface area (Å²) in [4.78, 5) is 26.2. The van der Waals surface area contributed by atoms with Gasteiger partial charge in [-0.1, -0.05) is 54.6 Å². The van der Waals surface area contributed by atoms with Crippen molar-refractivity contribution in [1.29, 1.82) is 0 Å². The maximum Gasteiger partial charge on any atom is 0.342 e. The zero-order valence-electron chi connectivity index (χ0n) is 15.3. The highest BCUT2D eigenvalue weighted by molar-refractivity contribution is 5.99. The van der Waals surface area contributed by atoms with Crippen LogP contribution < -0.4 is 0 Å². The van der Waals surface area contributed by atoms with Crippen molar-refractivity contribution in [3.63, 3.8) is 0 Å². The highest BCUT2D eigenvalue weighted by Crippen LogP contribution is 2.25. The minimum absolute atomic E-state index is 0.0419. The Hall–Kier alpha value is -3.34. The molecule has 1 atom stereocenters. The number of fused-ring (bicyclic) bond motifs is 1. The van der Waals surface area contributed by atoms with E-state index in [-0.39, 0.29) is 23.3 Å². The molecule has 0 fully saturated rings. The van der Waals surface area contributed by atoms with Gasteiger partial charge in [-0.25, -0.2) is 4.79 Å². The topological polar surface area (TPSA) is 66.8 Å². The van der Waals surface area contributed by atoms with Crippen molar-refractivity contribution in [2.45, 2.75) is 13.0 Å². The molecule has 0 aliphatic heterocycles. The summed E-state index contributed by atoms with van der Waals surface area (Å²) >= 11 is 0. The van der Waals surface area contributed by atoms with E-state index in [1.54, 1.807) is 13.1 Å². The third-order valence-electron chi connectivity index (χ3n) is 4.67. The zero-order chi connectivity index (χ0) is 19.4. The summed E-state index contributed by atoms with van der Waals surface area (Å²) in [6.07, 6.45) is 0. The molecule has 0 heterocycles. The first-order valence-electron chi connectivity index (χ1n) is 8.67. The van der Waals surface area contributed by atoms with Gasteiger partial charge in [0.1, 0.15) is 11.3 Å². The molecule has 1 amide bonds. The average molecular weight is 363 g/mol. The van der Waals surface area contributed by atoms with Crippen LogP contribution in [0.2, 0.25) is 0 Å². The second kappa shape index (κ2) is 7.91. The summed E-state index contributed by atoms with van der Waals surface area (Å²) in [6.45, 7) is 1.52. The molecule has 0 saturated carbocycles.